The molecule has 0 aromatic heterocycles. The lowest BCUT2D eigenvalue weighted by atomic mass is 10.1. The Morgan fingerprint density at radius 2 is 1.76 bits per heavy atom. The first-order valence-electron chi connectivity index (χ1n) is 7.19. The smallest absolute Gasteiger partial charge is 0.409 e. The molecule has 8 nitrogen and oxygen atoms in total. The fourth-order valence-corrected chi connectivity index (χ4v) is 2.08. The Balaban J connectivity index is 2.18. The molecule has 1 aliphatic heterocycles. The van der Waals surface area contributed by atoms with Crippen molar-refractivity contribution in [1.29, 1.82) is 0 Å². The van der Waals surface area contributed by atoms with Crippen LogP contribution < -0.4 is 16.0 Å². The molecule has 3 N–H and O–H groups in total. The highest BCUT2D eigenvalue weighted by Crippen LogP contribution is 2.11. The van der Waals surface area contributed by atoms with Gasteiger partial charge in [-0.25, -0.2) is 4.79 Å². The van der Waals surface area contributed by atoms with Gasteiger partial charge >= 0.3 is 6.09 Å². The molecule has 21 heavy (non-hydrogen) atoms. The molecule has 8 heteroatoms. The van der Waals surface area contributed by atoms with E-state index in [1.165, 1.54) is 0 Å². The van der Waals surface area contributed by atoms with Gasteiger partial charge < -0.3 is 20.3 Å². The average molecular weight is 300 g/mol. The number of nitrogens with zero attached hydrogens (tertiary/aromatic N) is 1. The number of hydrogen-bond acceptors (Lipinski definition) is 5. The first-order chi connectivity index (χ1) is 10.1. The molecule has 1 fully saturated rings. The highest BCUT2D eigenvalue weighted by Gasteiger charge is 2.24. The molecule has 120 valence electrons. The number of rotatable bonds is 6. The lowest BCUT2D eigenvalue weighted by Crippen LogP contribution is -2.48. The Kier molecular flexibility index (Phi) is 7.52. The second-order valence-corrected chi connectivity index (χ2v) is 4.80. The zero-order valence-electron chi connectivity index (χ0n) is 12.6. The van der Waals surface area contributed by atoms with Gasteiger partial charge in [-0.15, -0.1) is 0 Å². The van der Waals surface area contributed by atoms with E-state index in [4.69, 9.17) is 4.74 Å². The summed E-state index contributed by atoms with van der Waals surface area (Å²) in [6, 6.07) is 0.0602. The minimum Gasteiger partial charge on any atom is -0.450 e. The Morgan fingerprint density at radius 3 is 2.33 bits per heavy atom. The number of carbonyl (C=O) groups excluding carboxylic acids is 3. The third-order valence-electron chi connectivity index (χ3n) is 3.24. The predicted molar refractivity (Wildman–Crippen MR) is 76.7 cm³/mol. The monoisotopic (exact) mass is 300 g/mol. The molecule has 0 bridgehead atoms. The number of hydrogen-bond donors (Lipinski definition) is 3. The van der Waals surface area contributed by atoms with Gasteiger partial charge in [-0.2, -0.15) is 0 Å². The summed E-state index contributed by atoms with van der Waals surface area (Å²) >= 11 is 0. The maximum atomic E-state index is 11.7. The van der Waals surface area contributed by atoms with E-state index in [1.807, 2.05) is 0 Å². The van der Waals surface area contributed by atoms with E-state index in [-0.39, 0.29) is 37.0 Å². The fraction of sp³-hybridized carbons (Fsp3) is 0.769. The Labute approximate surface area is 124 Å². The first-order valence-corrected chi connectivity index (χ1v) is 7.19. The SMILES string of the molecule is CCOC(=O)N1CCC(NC(=O)CNCC(=O)NC)CC1. The van der Waals surface area contributed by atoms with Crippen LogP contribution in [0.2, 0.25) is 0 Å². The molecule has 0 aromatic rings. The Hall–Kier alpha value is -1.83. The Bertz CT molecular complexity index is 367. The van der Waals surface area contributed by atoms with E-state index in [9.17, 15) is 14.4 Å². The lowest BCUT2D eigenvalue weighted by Gasteiger charge is -2.31. The second kappa shape index (κ2) is 9.17. The lowest BCUT2D eigenvalue weighted by molar-refractivity contribution is -0.121. The maximum absolute atomic E-state index is 11.7. The van der Waals surface area contributed by atoms with Crippen LogP contribution in [0.25, 0.3) is 0 Å². The van der Waals surface area contributed by atoms with Gasteiger partial charge in [0.25, 0.3) is 0 Å². The third-order valence-corrected chi connectivity index (χ3v) is 3.24. The quantitative estimate of drug-likeness (QED) is 0.588. The minimum atomic E-state index is -0.297. The second-order valence-electron chi connectivity index (χ2n) is 4.80. The summed E-state index contributed by atoms with van der Waals surface area (Å²) < 4.78 is 4.94. The largest absolute Gasteiger partial charge is 0.450 e. The number of likely N-dealkylation sites (N-methyl/N-ethyl adjacent to an activating group) is 1. The van der Waals surface area contributed by atoms with Crippen LogP contribution in [0, 0.1) is 0 Å². The van der Waals surface area contributed by atoms with E-state index in [0.29, 0.717) is 32.5 Å². The van der Waals surface area contributed by atoms with Crippen molar-refractivity contribution in [3.63, 3.8) is 0 Å². The molecule has 1 heterocycles. The van der Waals surface area contributed by atoms with Crippen molar-refractivity contribution in [3.8, 4) is 0 Å². The van der Waals surface area contributed by atoms with E-state index < -0.39 is 0 Å². The molecule has 1 rings (SSSR count). The number of nitrogens with one attached hydrogen (secondary N) is 3. The minimum absolute atomic E-state index is 0.0602. The molecular formula is C13H24N4O4. The van der Waals surface area contributed by atoms with Crippen LogP contribution in [0.4, 0.5) is 4.79 Å². The molecule has 0 spiro atoms. The van der Waals surface area contributed by atoms with Gasteiger partial charge in [-0.3, -0.25) is 14.9 Å². The van der Waals surface area contributed by atoms with Gasteiger partial charge in [0, 0.05) is 26.2 Å². The molecule has 0 aromatic carbocycles. The van der Waals surface area contributed by atoms with E-state index in [2.05, 4.69) is 16.0 Å². The highest BCUT2D eigenvalue weighted by molar-refractivity contribution is 5.81. The van der Waals surface area contributed by atoms with Crippen molar-refractivity contribution in [2.45, 2.75) is 25.8 Å². The predicted octanol–water partition coefficient (Wildman–Crippen LogP) is -0.941. The van der Waals surface area contributed by atoms with Crippen molar-refractivity contribution in [3.05, 3.63) is 0 Å². The van der Waals surface area contributed by atoms with E-state index in [0.717, 1.165) is 0 Å². The number of piperidine rings is 1. The molecule has 0 atom stereocenters. The summed E-state index contributed by atoms with van der Waals surface area (Å²) in [4.78, 5) is 35.8. The number of ether oxygens (including phenoxy) is 1. The van der Waals surface area contributed by atoms with Crippen LogP contribution in [0.5, 0.6) is 0 Å². The summed E-state index contributed by atoms with van der Waals surface area (Å²) in [5, 5.41) is 8.11. The summed E-state index contributed by atoms with van der Waals surface area (Å²) in [5.41, 5.74) is 0. The van der Waals surface area contributed by atoms with Crippen LogP contribution in [0.3, 0.4) is 0 Å². The zero-order chi connectivity index (χ0) is 15.7. The Morgan fingerprint density at radius 1 is 1.14 bits per heavy atom. The van der Waals surface area contributed by atoms with Gasteiger partial charge in [-0.1, -0.05) is 0 Å². The molecule has 1 aliphatic rings. The average Bonchev–Trinajstić information content (AvgIpc) is 2.48. The summed E-state index contributed by atoms with van der Waals surface area (Å²) in [6.45, 7) is 3.52. The van der Waals surface area contributed by atoms with Gasteiger partial charge in [-0.05, 0) is 19.8 Å². The standard InChI is InChI=1S/C13H24N4O4/c1-3-21-13(20)17-6-4-10(5-7-17)16-12(19)9-15-8-11(18)14-2/h10,15H,3-9H2,1-2H3,(H,14,18)(H,16,19). The molecule has 0 unspecified atom stereocenters. The van der Waals surface area contributed by atoms with Crippen molar-refractivity contribution in [2.24, 2.45) is 0 Å². The molecule has 0 aliphatic carbocycles. The fourth-order valence-electron chi connectivity index (χ4n) is 2.08. The zero-order valence-corrected chi connectivity index (χ0v) is 12.6. The van der Waals surface area contributed by atoms with Crippen molar-refractivity contribution >= 4 is 17.9 Å². The number of likely N-dealkylation sites (tertiary alicyclic amines) is 1. The van der Waals surface area contributed by atoms with Gasteiger partial charge in [0.05, 0.1) is 19.7 Å². The first kappa shape index (κ1) is 17.2. The van der Waals surface area contributed by atoms with Crippen LogP contribution in [-0.4, -0.2) is 68.7 Å². The molecule has 0 radical (unpaired) electrons. The van der Waals surface area contributed by atoms with Gasteiger partial charge in [0.15, 0.2) is 0 Å². The third kappa shape index (κ3) is 6.44. The highest BCUT2D eigenvalue weighted by atomic mass is 16.6. The number of carbonyl (C=O) groups is 3. The van der Waals surface area contributed by atoms with Crippen LogP contribution in [0.1, 0.15) is 19.8 Å². The van der Waals surface area contributed by atoms with Crippen LogP contribution >= 0.6 is 0 Å². The number of amides is 3. The molecule has 0 saturated carbocycles. The van der Waals surface area contributed by atoms with Crippen molar-refractivity contribution < 1.29 is 19.1 Å². The summed E-state index contributed by atoms with van der Waals surface area (Å²) in [7, 11) is 1.54. The summed E-state index contributed by atoms with van der Waals surface area (Å²) in [6.07, 6.45) is 1.12. The maximum Gasteiger partial charge on any atom is 0.409 e. The van der Waals surface area contributed by atoms with E-state index in [1.54, 1.807) is 18.9 Å². The molecular weight excluding hydrogens is 276 g/mol. The molecule has 3 amide bonds. The van der Waals surface area contributed by atoms with Crippen molar-refractivity contribution in [2.75, 3.05) is 39.8 Å². The van der Waals surface area contributed by atoms with E-state index >= 15 is 0 Å². The topological polar surface area (TPSA) is 99.8 Å². The van der Waals surface area contributed by atoms with Crippen LogP contribution in [0.15, 0.2) is 0 Å². The van der Waals surface area contributed by atoms with Crippen molar-refractivity contribution in [1.82, 2.24) is 20.9 Å². The summed E-state index contributed by atoms with van der Waals surface area (Å²) in [5.74, 6) is -0.306. The normalized spacial score (nSPS) is 15.4. The van der Waals surface area contributed by atoms with Gasteiger partial charge in [0.1, 0.15) is 0 Å². The van der Waals surface area contributed by atoms with Gasteiger partial charge in [0.2, 0.25) is 11.8 Å². The molecule has 1 saturated heterocycles. The van der Waals surface area contributed by atoms with Crippen LogP contribution in [-0.2, 0) is 14.3 Å².